The normalized spacial score (nSPS) is 15.4. The minimum atomic E-state index is -0.749. The molecule has 4 amide bonds. The molecule has 0 spiro atoms. The van der Waals surface area contributed by atoms with Gasteiger partial charge in [-0.2, -0.15) is 0 Å². The zero-order valence-corrected chi connectivity index (χ0v) is 18.6. The fraction of sp³-hybridized carbons (Fsp3) is 0.192. The Morgan fingerprint density at radius 2 is 1.66 bits per heavy atom. The lowest BCUT2D eigenvalue weighted by atomic mass is 10.0. The molecule has 1 N–H and O–H groups in total. The molecule has 1 fully saturated rings. The summed E-state index contributed by atoms with van der Waals surface area (Å²) in [4.78, 5) is 39.1. The number of aromatic nitrogens is 1. The lowest BCUT2D eigenvalue weighted by Gasteiger charge is -2.26. The van der Waals surface area contributed by atoms with Gasteiger partial charge < -0.3 is 4.57 Å². The van der Waals surface area contributed by atoms with Gasteiger partial charge in [-0.15, -0.1) is 0 Å². The summed E-state index contributed by atoms with van der Waals surface area (Å²) in [6.07, 6.45) is 2.46. The molecule has 2 aromatic carbocycles. The average Bonchev–Trinajstić information content (AvgIpc) is 3.04. The summed E-state index contributed by atoms with van der Waals surface area (Å²) in [5, 5.41) is 2.28. The maximum absolute atomic E-state index is 13.1. The molecule has 6 heteroatoms. The Morgan fingerprint density at radius 3 is 2.34 bits per heavy atom. The smallest absolute Gasteiger partial charge is 0.317 e. The highest BCUT2D eigenvalue weighted by Gasteiger charge is 2.37. The fourth-order valence-corrected chi connectivity index (χ4v) is 4.23. The summed E-state index contributed by atoms with van der Waals surface area (Å²) < 4.78 is 2.16. The number of nitrogens with zero attached hydrogens (tertiary/aromatic N) is 2. The Bertz CT molecular complexity index is 1270. The number of nitrogens with one attached hydrogen (secondary N) is 1. The van der Waals surface area contributed by atoms with Gasteiger partial charge in [0.1, 0.15) is 5.57 Å². The number of imide groups is 2. The van der Waals surface area contributed by atoms with Gasteiger partial charge in [0.15, 0.2) is 0 Å². The quantitative estimate of drug-likeness (QED) is 0.487. The van der Waals surface area contributed by atoms with E-state index in [2.05, 4.69) is 41.9 Å². The Balaban J connectivity index is 1.81. The van der Waals surface area contributed by atoms with Crippen LogP contribution in [0.2, 0.25) is 0 Å². The number of amides is 4. The van der Waals surface area contributed by atoms with Crippen LogP contribution >= 0.6 is 0 Å². The molecule has 6 nitrogen and oxygen atoms in total. The fourth-order valence-electron chi connectivity index (χ4n) is 4.23. The van der Waals surface area contributed by atoms with Gasteiger partial charge in [-0.1, -0.05) is 43.3 Å². The van der Waals surface area contributed by atoms with E-state index in [-0.39, 0.29) is 5.57 Å². The second kappa shape index (κ2) is 8.30. The average molecular weight is 428 g/mol. The van der Waals surface area contributed by atoms with Gasteiger partial charge >= 0.3 is 6.03 Å². The van der Waals surface area contributed by atoms with Crippen molar-refractivity contribution in [1.29, 1.82) is 0 Å². The zero-order valence-electron chi connectivity index (χ0n) is 18.6. The number of carbonyl (C=O) groups is 3. The van der Waals surface area contributed by atoms with Crippen molar-refractivity contribution in [3.63, 3.8) is 0 Å². The van der Waals surface area contributed by atoms with Crippen molar-refractivity contribution < 1.29 is 14.4 Å². The summed E-state index contributed by atoms with van der Waals surface area (Å²) in [6.45, 7) is 8.17. The molecule has 0 atom stereocenters. The Morgan fingerprint density at radius 1 is 0.938 bits per heavy atom. The van der Waals surface area contributed by atoms with Crippen LogP contribution in [0.1, 0.15) is 35.0 Å². The predicted molar refractivity (Wildman–Crippen MR) is 125 cm³/mol. The maximum atomic E-state index is 13.1. The Kier molecular flexibility index (Phi) is 5.53. The van der Waals surface area contributed by atoms with Crippen molar-refractivity contribution in [3.8, 4) is 5.69 Å². The number of barbiturate groups is 1. The van der Waals surface area contributed by atoms with Crippen molar-refractivity contribution in [2.75, 3.05) is 4.90 Å². The standard InChI is InChI=1S/C26H25N3O3/c1-5-19-11-9-10-16(2)23(19)28-17(3)14-20(18(28)4)15-22-24(30)27-26(32)29(25(22)31)21-12-7-6-8-13-21/h6-15H,5H2,1-4H3,(H,27,30,32)/b22-15+. The van der Waals surface area contributed by atoms with Gasteiger partial charge in [0.05, 0.1) is 11.4 Å². The van der Waals surface area contributed by atoms with Gasteiger partial charge in [-0.05, 0) is 68.2 Å². The molecule has 1 saturated heterocycles. The highest BCUT2D eigenvalue weighted by Crippen LogP contribution is 2.29. The molecule has 3 aromatic rings. The van der Waals surface area contributed by atoms with Crippen LogP contribution in [-0.2, 0) is 16.0 Å². The number of rotatable bonds is 4. The first-order valence-electron chi connectivity index (χ1n) is 10.6. The third-order valence-corrected chi connectivity index (χ3v) is 5.81. The molecule has 1 aliphatic heterocycles. The molecule has 0 bridgehead atoms. The van der Waals surface area contributed by atoms with Gasteiger partial charge in [-0.25, -0.2) is 9.69 Å². The molecule has 0 radical (unpaired) electrons. The van der Waals surface area contributed by atoms with Gasteiger partial charge in [0.2, 0.25) is 0 Å². The second-order valence-corrected chi connectivity index (χ2v) is 7.89. The highest BCUT2D eigenvalue weighted by atomic mass is 16.2. The molecule has 32 heavy (non-hydrogen) atoms. The molecular formula is C26H25N3O3. The van der Waals surface area contributed by atoms with Crippen molar-refractivity contribution in [2.45, 2.75) is 34.1 Å². The van der Waals surface area contributed by atoms with E-state index in [1.165, 1.54) is 5.56 Å². The number of hydrogen-bond acceptors (Lipinski definition) is 3. The van der Waals surface area contributed by atoms with E-state index < -0.39 is 17.8 Å². The van der Waals surface area contributed by atoms with Gasteiger partial charge in [0.25, 0.3) is 11.8 Å². The van der Waals surface area contributed by atoms with E-state index in [1.54, 1.807) is 36.4 Å². The van der Waals surface area contributed by atoms with Crippen molar-refractivity contribution in [3.05, 3.63) is 88.2 Å². The summed E-state index contributed by atoms with van der Waals surface area (Å²) >= 11 is 0. The molecule has 4 rings (SSSR count). The molecule has 2 heterocycles. The van der Waals surface area contributed by atoms with Crippen molar-refractivity contribution in [1.82, 2.24) is 9.88 Å². The monoisotopic (exact) mass is 427 g/mol. The predicted octanol–water partition coefficient (Wildman–Crippen LogP) is 4.63. The van der Waals surface area contributed by atoms with Crippen LogP contribution in [0.3, 0.4) is 0 Å². The van der Waals surface area contributed by atoms with Gasteiger partial charge in [-0.3, -0.25) is 14.9 Å². The molecule has 162 valence electrons. The van der Waals surface area contributed by atoms with Crippen LogP contribution in [0, 0.1) is 20.8 Å². The van der Waals surface area contributed by atoms with Crippen LogP contribution in [0.15, 0.2) is 60.2 Å². The van der Waals surface area contributed by atoms with E-state index in [4.69, 9.17) is 0 Å². The SMILES string of the molecule is CCc1cccc(C)c1-n1c(C)cc(/C=C2\C(=O)NC(=O)N(c3ccccc3)C2=O)c1C. The Labute approximate surface area is 187 Å². The number of carbonyl (C=O) groups excluding carboxylic acids is 3. The second-order valence-electron chi connectivity index (χ2n) is 7.89. The van der Waals surface area contributed by atoms with Crippen LogP contribution in [0.25, 0.3) is 11.8 Å². The lowest BCUT2D eigenvalue weighted by molar-refractivity contribution is -0.122. The number of hydrogen-bond donors (Lipinski definition) is 1. The van der Waals surface area contributed by atoms with Crippen LogP contribution in [-0.4, -0.2) is 22.4 Å². The van der Waals surface area contributed by atoms with E-state index >= 15 is 0 Å². The summed E-state index contributed by atoms with van der Waals surface area (Å²) in [5.41, 5.74) is 6.50. The van der Waals surface area contributed by atoms with Crippen LogP contribution in [0.5, 0.6) is 0 Å². The summed E-state index contributed by atoms with van der Waals surface area (Å²) in [6, 6.07) is 16.0. The van der Waals surface area contributed by atoms with Gasteiger partial charge in [0, 0.05) is 11.4 Å². The van der Waals surface area contributed by atoms with E-state index in [0.717, 1.165) is 39.5 Å². The van der Waals surface area contributed by atoms with E-state index in [9.17, 15) is 14.4 Å². The highest BCUT2D eigenvalue weighted by molar-refractivity contribution is 6.39. The number of anilines is 1. The number of benzene rings is 2. The number of para-hydroxylation sites is 2. The van der Waals surface area contributed by atoms with Crippen molar-refractivity contribution >= 4 is 29.6 Å². The molecule has 1 aromatic heterocycles. The molecule has 0 saturated carbocycles. The summed E-state index contributed by atoms with van der Waals surface area (Å²) in [7, 11) is 0. The molecule has 1 aliphatic rings. The lowest BCUT2D eigenvalue weighted by Crippen LogP contribution is -2.54. The van der Waals surface area contributed by atoms with Crippen molar-refractivity contribution in [2.24, 2.45) is 0 Å². The van der Waals surface area contributed by atoms with E-state index in [0.29, 0.717) is 5.69 Å². The topological polar surface area (TPSA) is 71.4 Å². The first kappa shape index (κ1) is 21.3. The van der Waals surface area contributed by atoms with Crippen LogP contribution in [0.4, 0.5) is 10.5 Å². The van der Waals surface area contributed by atoms with E-state index in [1.807, 2.05) is 19.9 Å². The summed E-state index contributed by atoms with van der Waals surface area (Å²) in [5.74, 6) is -1.33. The first-order valence-corrected chi connectivity index (χ1v) is 10.6. The molecule has 0 unspecified atom stereocenters. The Hall–Kier alpha value is -3.93. The van der Waals surface area contributed by atoms with Crippen LogP contribution < -0.4 is 10.2 Å². The first-order chi connectivity index (χ1) is 15.3. The number of urea groups is 1. The minimum absolute atomic E-state index is 0.0748. The largest absolute Gasteiger partial charge is 0.335 e. The minimum Gasteiger partial charge on any atom is -0.317 e. The third-order valence-electron chi connectivity index (χ3n) is 5.81. The number of aryl methyl sites for hydroxylation is 3. The zero-order chi connectivity index (χ0) is 23.0. The third kappa shape index (κ3) is 3.54. The molecular weight excluding hydrogens is 402 g/mol. The maximum Gasteiger partial charge on any atom is 0.335 e. The molecule has 0 aliphatic carbocycles.